The molecule has 2 rings (SSSR count). The van der Waals surface area contributed by atoms with Crippen molar-refractivity contribution in [3.63, 3.8) is 0 Å². The van der Waals surface area contributed by atoms with E-state index in [1.807, 2.05) is 55.5 Å². The summed E-state index contributed by atoms with van der Waals surface area (Å²) in [6.07, 6.45) is 0.423. The molecule has 0 aromatic heterocycles. The van der Waals surface area contributed by atoms with Crippen LogP contribution >= 0.6 is 15.9 Å². The second-order valence-electron chi connectivity index (χ2n) is 4.82. The Bertz CT molecular complexity index is 629. The van der Waals surface area contributed by atoms with Gasteiger partial charge in [0.15, 0.2) is 0 Å². The third-order valence-electron chi connectivity index (χ3n) is 3.34. The van der Waals surface area contributed by atoms with Crippen molar-refractivity contribution in [1.82, 2.24) is 0 Å². The normalized spacial score (nSPS) is 13.0. The van der Waals surface area contributed by atoms with Gasteiger partial charge in [-0.05, 0) is 30.2 Å². The summed E-state index contributed by atoms with van der Waals surface area (Å²) in [5, 5.41) is 15.4. The standard InChI is InChI=1S/C16H18BrN3O/c1-11-13(17)8-5-9-14(11)19-15(10-16(18)20-21)12-6-3-2-4-7-12/h2-9,15,19,21H,10H2,1H3,(H2,18,20). The van der Waals surface area contributed by atoms with E-state index in [9.17, 15) is 0 Å². The number of nitrogens with zero attached hydrogens (tertiary/aromatic N) is 1. The van der Waals surface area contributed by atoms with Gasteiger partial charge in [0.05, 0.1) is 6.04 Å². The Morgan fingerprint density at radius 3 is 2.62 bits per heavy atom. The summed E-state index contributed by atoms with van der Waals surface area (Å²) in [6, 6.07) is 15.9. The van der Waals surface area contributed by atoms with Crippen molar-refractivity contribution in [2.75, 3.05) is 5.32 Å². The van der Waals surface area contributed by atoms with Crippen LogP contribution in [-0.2, 0) is 0 Å². The number of hydrogen-bond acceptors (Lipinski definition) is 3. The van der Waals surface area contributed by atoms with Gasteiger partial charge in [-0.2, -0.15) is 0 Å². The maximum atomic E-state index is 8.82. The predicted molar refractivity (Wildman–Crippen MR) is 89.7 cm³/mol. The molecule has 21 heavy (non-hydrogen) atoms. The fourth-order valence-electron chi connectivity index (χ4n) is 2.14. The molecule has 0 saturated carbocycles. The molecule has 0 amide bonds. The summed E-state index contributed by atoms with van der Waals surface area (Å²) in [5.41, 5.74) is 8.91. The van der Waals surface area contributed by atoms with E-state index in [0.717, 1.165) is 21.3 Å². The van der Waals surface area contributed by atoms with Crippen LogP contribution in [0.15, 0.2) is 58.2 Å². The Balaban J connectivity index is 2.30. The number of anilines is 1. The Labute approximate surface area is 132 Å². The monoisotopic (exact) mass is 347 g/mol. The highest BCUT2D eigenvalue weighted by Gasteiger charge is 2.15. The molecule has 2 aromatic rings. The van der Waals surface area contributed by atoms with Crippen molar-refractivity contribution in [2.24, 2.45) is 10.9 Å². The molecule has 0 radical (unpaired) electrons. The van der Waals surface area contributed by atoms with Crippen molar-refractivity contribution in [1.29, 1.82) is 0 Å². The SMILES string of the molecule is Cc1c(Br)cccc1NC(C/C(N)=N/O)c1ccccc1. The molecule has 4 N–H and O–H groups in total. The van der Waals surface area contributed by atoms with Crippen LogP contribution in [0.5, 0.6) is 0 Å². The average Bonchev–Trinajstić information content (AvgIpc) is 2.51. The zero-order chi connectivity index (χ0) is 15.2. The molecule has 0 spiro atoms. The van der Waals surface area contributed by atoms with Crippen LogP contribution in [0.1, 0.15) is 23.6 Å². The lowest BCUT2D eigenvalue weighted by Crippen LogP contribution is -2.21. The summed E-state index contributed by atoms with van der Waals surface area (Å²) >= 11 is 3.53. The Kier molecular flexibility index (Phi) is 5.22. The fourth-order valence-corrected chi connectivity index (χ4v) is 2.51. The van der Waals surface area contributed by atoms with Crippen molar-refractivity contribution in [3.05, 3.63) is 64.1 Å². The van der Waals surface area contributed by atoms with Gasteiger partial charge >= 0.3 is 0 Å². The molecule has 0 aliphatic rings. The third kappa shape index (κ3) is 3.98. The van der Waals surface area contributed by atoms with Crippen LogP contribution in [0.4, 0.5) is 5.69 Å². The zero-order valence-corrected chi connectivity index (χ0v) is 13.3. The first-order valence-electron chi connectivity index (χ1n) is 6.65. The van der Waals surface area contributed by atoms with Crippen LogP contribution in [-0.4, -0.2) is 11.0 Å². The van der Waals surface area contributed by atoms with Crippen molar-refractivity contribution < 1.29 is 5.21 Å². The van der Waals surface area contributed by atoms with Gasteiger partial charge < -0.3 is 16.3 Å². The van der Waals surface area contributed by atoms with Gasteiger partial charge in [0.2, 0.25) is 0 Å². The molecule has 4 nitrogen and oxygen atoms in total. The minimum Gasteiger partial charge on any atom is -0.409 e. The Morgan fingerprint density at radius 1 is 1.24 bits per heavy atom. The number of oxime groups is 1. The minimum absolute atomic E-state index is 0.0601. The number of halogens is 1. The van der Waals surface area contributed by atoms with Gasteiger partial charge in [-0.25, -0.2) is 0 Å². The number of amidine groups is 1. The summed E-state index contributed by atoms with van der Waals surface area (Å²) < 4.78 is 1.04. The molecule has 1 unspecified atom stereocenters. The molecular formula is C16H18BrN3O. The van der Waals surface area contributed by atoms with E-state index < -0.39 is 0 Å². The van der Waals surface area contributed by atoms with Gasteiger partial charge in [-0.15, -0.1) is 0 Å². The maximum absolute atomic E-state index is 8.82. The highest BCUT2D eigenvalue weighted by molar-refractivity contribution is 9.10. The summed E-state index contributed by atoms with van der Waals surface area (Å²) in [4.78, 5) is 0. The van der Waals surface area contributed by atoms with Gasteiger partial charge in [0, 0.05) is 16.6 Å². The number of nitrogens with one attached hydrogen (secondary N) is 1. The second-order valence-corrected chi connectivity index (χ2v) is 5.67. The van der Waals surface area contributed by atoms with E-state index >= 15 is 0 Å². The summed E-state index contributed by atoms with van der Waals surface area (Å²) in [5.74, 6) is 0.198. The molecular weight excluding hydrogens is 330 g/mol. The van der Waals surface area contributed by atoms with E-state index in [4.69, 9.17) is 10.9 Å². The topological polar surface area (TPSA) is 70.6 Å². The molecule has 0 fully saturated rings. The number of rotatable bonds is 5. The van der Waals surface area contributed by atoms with Gasteiger partial charge in [-0.3, -0.25) is 0 Å². The zero-order valence-electron chi connectivity index (χ0n) is 11.8. The first-order valence-corrected chi connectivity index (χ1v) is 7.44. The molecule has 0 saturated heterocycles. The van der Waals surface area contributed by atoms with E-state index in [-0.39, 0.29) is 11.9 Å². The van der Waals surface area contributed by atoms with Crippen LogP contribution < -0.4 is 11.1 Å². The molecule has 0 aliphatic heterocycles. The largest absolute Gasteiger partial charge is 0.409 e. The van der Waals surface area contributed by atoms with Crippen molar-refractivity contribution in [3.8, 4) is 0 Å². The van der Waals surface area contributed by atoms with Gasteiger partial charge in [-0.1, -0.05) is 57.5 Å². The average molecular weight is 348 g/mol. The lowest BCUT2D eigenvalue weighted by atomic mass is 10.0. The molecule has 1 atom stereocenters. The van der Waals surface area contributed by atoms with Gasteiger partial charge in [0.25, 0.3) is 0 Å². The summed E-state index contributed by atoms with van der Waals surface area (Å²) in [6.45, 7) is 2.04. The van der Waals surface area contributed by atoms with Crippen LogP contribution in [0.3, 0.4) is 0 Å². The maximum Gasteiger partial charge on any atom is 0.141 e. The first kappa shape index (κ1) is 15.4. The highest BCUT2D eigenvalue weighted by atomic mass is 79.9. The number of hydrogen-bond donors (Lipinski definition) is 3. The molecule has 110 valence electrons. The Hall–Kier alpha value is -2.01. The number of nitrogens with two attached hydrogens (primary N) is 1. The molecule has 0 bridgehead atoms. The predicted octanol–water partition coefficient (Wildman–Crippen LogP) is 4.05. The summed E-state index contributed by atoms with van der Waals surface area (Å²) in [7, 11) is 0. The van der Waals surface area contributed by atoms with Crippen molar-refractivity contribution in [2.45, 2.75) is 19.4 Å². The fraction of sp³-hybridized carbons (Fsp3) is 0.188. The molecule has 2 aromatic carbocycles. The molecule has 0 heterocycles. The lowest BCUT2D eigenvalue weighted by molar-refractivity contribution is 0.316. The van der Waals surface area contributed by atoms with E-state index in [1.165, 1.54) is 0 Å². The first-order chi connectivity index (χ1) is 10.1. The lowest BCUT2D eigenvalue weighted by Gasteiger charge is -2.21. The molecule has 5 heteroatoms. The molecule has 0 aliphatic carbocycles. The third-order valence-corrected chi connectivity index (χ3v) is 4.20. The van der Waals surface area contributed by atoms with Crippen LogP contribution in [0.2, 0.25) is 0 Å². The quantitative estimate of drug-likeness (QED) is 0.330. The van der Waals surface area contributed by atoms with E-state index in [1.54, 1.807) is 0 Å². The number of benzene rings is 2. The van der Waals surface area contributed by atoms with E-state index in [2.05, 4.69) is 26.4 Å². The second kappa shape index (κ2) is 7.13. The van der Waals surface area contributed by atoms with E-state index in [0.29, 0.717) is 6.42 Å². The van der Waals surface area contributed by atoms with Crippen molar-refractivity contribution >= 4 is 27.5 Å². The van der Waals surface area contributed by atoms with Crippen LogP contribution in [0.25, 0.3) is 0 Å². The smallest absolute Gasteiger partial charge is 0.141 e. The van der Waals surface area contributed by atoms with Gasteiger partial charge in [0.1, 0.15) is 5.84 Å². The minimum atomic E-state index is -0.0601. The highest BCUT2D eigenvalue weighted by Crippen LogP contribution is 2.28. The Morgan fingerprint density at radius 2 is 1.95 bits per heavy atom. The van der Waals surface area contributed by atoms with Crippen LogP contribution in [0, 0.1) is 6.92 Å².